The summed E-state index contributed by atoms with van der Waals surface area (Å²) in [6, 6.07) is 0. The van der Waals surface area contributed by atoms with Gasteiger partial charge in [-0.25, -0.2) is 0 Å². The van der Waals surface area contributed by atoms with Crippen LogP contribution in [0, 0.1) is 11.5 Å². The second kappa shape index (κ2) is 2.56. The molecule has 0 saturated heterocycles. The molecule has 0 aliphatic carbocycles. The first-order valence-electron chi connectivity index (χ1n) is 2.69. The molecule has 0 aromatic carbocycles. The van der Waals surface area contributed by atoms with Gasteiger partial charge in [0.15, 0.2) is 0 Å². The van der Waals surface area contributed by atoms with Crippen LogP contribution in [0.25, 0.3) is 0 Å². The minimum absolute atomic E-state index is 0.269. The SMILES string of the molecule is CCC(C)(C)OC#N. The van der Waals surface area contributed by atoms with E-state index in [0.29, 0.717) is 0 Å². The Balaban J connectivity index is 3.58. The van der Waals surface area contributed by atoms with Gasteiger partial charge in [-0.05, 0) is 20.3 Å². The third-order valence-corrected chi connectivity index (χ3v) is 1.17. The molecular formula is C6H11NO. The van der Waals surface area contributed by atoms with Gasteiger partial charge >= 0.3 is 0 Å². The summed E-state index contributed by atoms with van der Waals surface area (Å²) >= 11 is 0. The summed E-state index contributed by atoms with van der Waals surface area (Å²) in [6.07, 6.45) is 2.52. The number of ether oxygens (including phenoxy) is 1. The Morgan fingerprint density at radius 1 is 1.62 bits per heavy atom. The highest BCUT2D eigenvalue weighted by molar-refractivity contribution is 4.69. The van der Waals surface area contributed by atoms with Crippen molar-refractivity contribution in [1.29, 1.82) is 5.26 Å². The molecule has 46 valence electrons. The first kappa shape index (κ1) is 7.29. The maximum atomic E-state index is 8.06. The monoisotopic (exact) mass is 113 g/mol. The number of hydrogen-bond acceptors (Lipinski definition) is 2. The van der Waals surface area contributed by atoms with Crippen LogP contribution >= 0.6 is 0 Å². The molecule has 0 aromatic heterocycles. The van der Waals surface area contributed by atoms with Gasteiger partial charge in [-0.15, -0.1) is 0 Å². The molecule has 0 N–H and O–H groups in total. The van der Waals surface area contributed by atoms with Crippen LogP contribution in [0.4, 0.5) is 0 Å². The maximum absolute atomic E-state index is 8.06. The third-order valence-electron chi connectivity index (χ3n) is 1.17. The second-order valence-electron chi connectivity index (χ2n) is 2.31. The Hall–Kier alpha value is -0.710. The highest BCUT2D eigenvalue weighted by atomic mass is 16.5. The van der Waals surface area contributed by atoms with Crippen molar-refractivity contribution in [1.82, 2.24) is 0 Å². The van der Waals surface area contributed by atoms with Gasteiger partial charge in [0, 0.05) is 0 Å². The Bertz CT molecular complexity index is 102. The number of hydrogen-bond donors (Lipinski definition) is 0. The lowest BCUT2D eigenvalue weighted by atomic mass is 10.1. The summed E-state index contributed by atoms with van der Waals surface area (Å²) in [5.74, 6) is 0. The molecule has 8 heavy (non-hydrogen) atoms. The summed E-state index contributed by atoms with van der Waals surface area (Å²) in [4.78, 5) is 0. The molecule has 0 radical (unpaired) electrons. The quantitative estimate of drug-likeness (QED) is 0.510. The minimum Gasteiger partial charge on any atom is -0.422 e. The molecule has 0 spiro atoms. The predicted octanol–water partition coefficient (Wildman–Crippen LogP) is 1.67. The van der Waals surface area contributed by atoms with Crippen molar-refractivity contribution in [2.45, 2.75) is 32.8 Å². The lowest BCUT2D eigenvalue weighted by Gasteiger charge is -2.17. The number of rotatable bonds is 2. The Kier molecular flexibility index (Phi) is 2.33. The van der Waals surface area contributed by atoms with E-state index < -0.39 is 0 Å². The van der Waals surface area contributed by atoms with Crippen LogP contribution < -0.4 is 0 Å². The number of nitriles is 1. The topological polar surface area (TPSA) is 33.0 Å². The molecule has 0 heterocycles. The molecular weight excluding hydrogens is 102 g/mol. The second-order valence-corrected chi connectivity index (χ2v) is 2.31. The fraction of sp³-hybridized carbons (Fsp3) is 0.833. The minimum atomic E-state index is -0.269. The zero-order valence-electron chi connectivity index (χ0n) is 5.56. The average Bonchev–Trinajstić information content (AvgIpc) is 1.67. The summed E-state index contributed by atoms with van der Waals surface area (Å²) < 4.78 is 4.68. The van der Waals surface area contributed by atoms with Gasteiger partial charge in [0.25, 0.3) is 6.26 Å². The molecule has 0 saturated carbocycles. The first-order valence-corrected chi connectivity index (χ1v) is 2.69. The Morgan fingerprint density at radius 3 is 2.25 bits per heavy atom. The number of nitrogens with zero attached hydrogens (tertiary/aromatic N) is 1. The van der Waals surface area contributed by atoms with E-state index in [4.69, 9.17) is 5.26 Å². The van der Waals surface area contributed by atoms with Crippen molar-refractivity contribution in [2.24, 2.45) is 0 Å². The molecule has 0 amide bonds. The van der Waals surface area contributed by atoms with Gasteiger partial charge in [-0.2, -0.15) is 5.26 Å². The summed E-state index contributed by atoms with van der Waals surface area (Å²) in [7, 11) is 0. The van der Waals surface area contributed by atoms with E-state index in [1.807, 2.05) is 20.8 Å². The normalized spacial score (nSPS) is 10.2. The Morgan fingerprint density at radius 2 is 2.12 bits per heavy atom. The lowest BCUT2D eigenvalue weighted by molar-refractivity contribution is 0.0686. The average molecular weight is 113 g/mol. The zero-order valence-corrected chi connectivity index (χ0v) is 5.56. The van der Waals surface area contributed by atoms with E-state index in [1.54, 1.807) is 6.26 Å². The highest BCUT2D eigenvalue weighted by Gasteiger charge is 2.14. The van der Waals surface area contributed by atoms with Gasteiger partial charge < -0.3 is 4.74 Å². The van der Waals surface area contributed by atoms with Gasteiger partial charge in [0.05, 0.1) is 0 Å². The van der Waals surface area contributed by atoms with Crippen LogP contribution in [0.5, 0.6) is 0 Å². The van der Waals surface area contributed by atoms with Crippen LogP contribution in [0.3, 0.4) is 0 Å². The van der Waals surface area contributed by atoms with E-state index >= 15 is 0 Å². The van der Waals surface area contributed by atoms with E-state index in [0.717, 1.165) is 6.42 Å². The van der Waals surface area contributed by atoms with Crippen LogP contribution in [0.2, 0.25) is 0 Å². The fourth-order valence-corrected chi connectivity index (χ4v) is 0.196. The first-order chi connectivity index (χ1) is 3.62. The highest BCUT2D eigenvalue weighted by Crippen LogP contribution is 2.11. The van der Waals surface area contributed by atoms with Gasteiger partial charge in [0.2, 0.25) is 0 Å². The third kappa shape index (κ3) is 2.46. The molecule has 0 aromatic rings. The molecule has 0 aliphatic heterocycles. The fourth-order valence-electron chi connectivity index (χ4n) is 0.196. The van der Waals surface area contributed by atoms with E-state index in [1.165, 1.54) is 0 Å². The van der Waals surface area contributed by atoms with Gasteiger partial charge in [-0.3, -0.25) is 0 Å². The van der Waals surface area contributed by atoms with Crippen LogP contribution in [0.1, 0.15) is 27.2 Å². The zero-order chi connectivity index (χ0) is 6.62. The van der Waals surface area contributed by atoms with Gasteiger partial charge in [-0.1, -0.05) is 6.92 Å². The van der Waals surface area contributed by atoms with E-state index in [2.05, 4.69) is 4.74 Å². The van der Waals surface area contributed by atoms with Crippen LogP contribution in [0.15, 0.2) is 0 Å². The largest absolute Gasteiger partial charge is 0.422 e. The molecule has 2 nitrogen and oxygen atoms in total. The van der Waals surface area contributed by atoms with E-state index in [-0.39, 0.29) is 5.60 Å². The van der Waals surface area contributed by atoms with Crippen molar-refractivity contribution >= 4 is 0 Å². The molecule has 0 aliphatic rings. The van der Waals surface area contributed by atoms with E-state index in [9.17, 15) is 0 Å². The van der Waals surface area contributed by atoms with Crippen molar-refractivity contribution in [3.63, 3.8) is 0 Å². The molecule has 0 unspecified atom stereocenters. The maximum Gasteiger partial charge on any atom is 0.286 e. The van der Waals surface area contributed by atoms with Gasteiger partial charge in [0.1, 0.15) is 5.60 Å². The predicted molar refractivity (Wildman–Crippen MR) is 31.1 cm³/mol. The smallest absolute Gasteiger partial charge is 0.286 e. The van der Waals surface area contributed by atoms with Crippen molar-refractivity contribution in [3.05, 3.63) is 0 Å². The molecule has 0 rings (SSSR count). The van der Waals surface area contributed by atoms with Crippen LogP contribution in [-0.2, 0) is 4.74 Å². The summed E-state index contributed by atoms with van der Waals surface area (Å²) in [5.41, 5.74) is -0.269. The summed E-state index contributed by atoms with van der Waals surface area (Å²) in [5, 5.41) is 8.06. The summed E-state index contributed by atoms with van der Waals surface area (Å²) in [6.45, 7) is 5.75. The Labute approximate surface area is 50.1 Å². The van der Waals surface area contributed by atoms with Crippen LogP contribution in [-0.4, -0.2) is 5.60 Å². The van der Waals surface area contributed by atoms with Crippen molar-refractivity contribution in [3.8, 4) is 6.26 Å². The standard InChI is InChI=1S/C6H11NO/c1-4-6(2,3)8-5-7/h4H2,1-3H3. The van der Waals surface area contributed by atoms with Crippen molar-refractivity contribution in [2.75, 3.05) is 0 Å². The lowest BCUT2D eigenvalue weighted by Crippen LogP contribution is -2.19. The molecule has 0 bridgehead atoms. The molecule has 0 fully saturated rings. The molecule has 0 atom stereocenters. The van der Waals surface area contributed by atoms with Crippen molar-refractivity contribution < 1.29 is 4.74 Å². The molecule has 2 heteroatoms.